The van der Waals surface area contributed by atoms with E-state index in [4.69, 9.17) is 14.2 Å². The van der Waals surface area contributed by atoms with Crippen LogP contribution in [0.2, 0.25) is 0 Å². The van der Waals surface area contributed by atoms with Gasteiger partial charge < -0.3 is 14.2 Å². The molecule has 2 aromatic carbocycles. The Kier molecular flexibility index (Phi) is 5.74. The number of thiazole rings is 1. The molecule has 0 fully saturated rings. The molecular formula is C21H17BrN2O5S. The van der Waals surface area contributed by atoms with Gasteiger partial charge in [0.15, 0.2) is 23.1 Å². The first-order valence-electron chi connectivity index (χ1n) is 9.09. The Morgan fingerprint density at radius 1 is 1.30 bits per heavy atom. The minimum Gasteiger partial charge on any atom is -0.493 e. The summed E-state index contributed by atoms with van der Waals surface area (Å²) in [4.78, 5) is 29.7. The second kappa shape index (κ2) is 8.45. The molecule has 4 aromatic rings. The molecule has 0 aliphatic rings. The van der Waals surface area contributed by atoms with Crippen LogP contribution in [0.1, 0.15) is 12.5 Å². The van der Waals surface area contributed by atoms with Crippen molar-refractivity contribution in [1.29, 1.82) is 0 Å². The molecule has 0 unspecified atom stereocenters. The van der Waals surface area contributed by atoms with E-state index in [1.165, 1.54) is 18.4 Å². The van der Waals surface area contributed by atoms with Gasteiger partial charge in [-0.3, -0.25) is 4.79 Å². The maximum Gasteiger partial charge on any atom is 0.344 e. The Bertz CT molecular complexity index is 1360. The number of hydrogen-bond acceptors (Lipinski definition) is 7. The number of para-hydroxylation sites is 2. The molecule has 0 amide bonds. The van der Waals surface area contributed by atoms with E-state index in [2.05, 4.69) is 20.9 Å². The average Bonchev–Trinajstić information content (AvgIpc) is 3.23. The number of hydrogen-bond donors (Lipinski definition) is 0. The quantitative estimate of drug-likeness (QED) is 0.388. The second-order valence-electron chi connectivity index (χ2n) is 6.26. The maximum absolute atomic E-state index is 12.9. The summed E-state index contributed by atoms with van der Waals surface area (Å²) in [7, 11) is 1.51. The van der Waals surface area contributed by atoms with Crippen molar-refractivity contribution in [3.05, 3.63) is 61.3 Å². The Hall–Kier alpha value is -2.91. The van der Waals surface area contributed by atoms with Crippen molar-refractivity contribution < 1.29 is 19.0 Å². The molecule has 0 bridgehead atoms. The summed E-state index contributed by atoms with van der Waals surface area (Å²) in [6.45, 7) is 1.78. The van der Waals surface area contributed by atoms with Gasteiger partial charge in [0.05, 0.1) is 33.8 Å². The first-order chi connectivity index (χ1) is 14.5. The lowest BCUT2D eigenvalue weighted by molar-refractivity contribution is -0.145. The number of nitrogens with zero attached hydrogens (tertiary/aromatic N) is 2. The molecule has 0 aliphatic heterocycles. The summed E-state index contributed by atoms with van der Waals surface area (Å²) < 4.78 is 18.6. The van der Waals surface area contributed by atoms with Crippen LogP contribution in [0.15, 0.2) is 45.7 Å². The number of carbonyl (C=O) groups is 1. The number of aromatic nitrogens is 2. The van der Waals surface area contributed by atoms with Crippen molar-refractivity contribution in [1.82, 2.24) is 9.38 Å². The van der Waals surface area contributed by atoms with Crippen molar-refractivity contribution in [3.63, 3.8) is 0 Å². The highest BCUT2D eigenvalue weighted by Gasteiger charge is 2.15. The number of ether oxygens (including phenoxy) is 3. The van der Waals surface area contributed by atoms with Gasteiger partial charge in [-0.1, -0.05) is 23.5 Å². The van der Waals surface area contributed by atoms with Crippen molar-refractivity contribution in [2.24, 2.45) is 0 Å². The molecule has 0 aliphatic carbocycles. The average molecular weight is 489 g/mol. The number of halogens is 1. The number of benzene rings is 2. The molecule has 0 radical (unpaired) electrons. The predicted molar refractivity (Wildman–Crippen MR) is 118 cm³/mol. The predicted octanol–water partition coefficient (Wildman–Crippen LogP) is 3.17. The second-order valence-corrected chi connectivity index (χ2v) is 8.13. The van der Waals surface area contributed by atoms with Crippen LogP contribution in [0, 0.1) is 0 Å². The van der Waals surface area contributed by atoms with Gasteiger partial charge in [0.2, 0.25) is 0 Å². The Balaban J connectivity index is 1.73. The molecule has 0 saturated carbocycles. The summed E-state index contributed by atoms with van der Waals surface area (Å²) in [6.07, 6.45) is 1.78. The van der Waals surface area contributed by atoms with Crippen molar-refractivity contribution in [3.8, 4) is 11.5 Å². The van der Waals surface area contributed by atoms with E-state index in [9.17, 15) is 9.59 Å². The highest BCUT2D eigenvalue weighted by Crippen LogP contribution is 2.37. The van der Waals surface area contributed by atoms with Gasteiger partial charge in [-0.15, -0.1) is 0 Å². The standard InChI is InChI=1S/C21H17BrN2O5S/c1-3-28-18(25)11-29-19-13(22)8-12(9-16(19)27-2)10-17-20(26)24-15-7-5-4-6-14(15)23-21(24)30-17/h4-10H,3,11H2,1-2H3/b17-10-. The molecule has 0 spiro atoms. The van der Waals surface area contributed by atoms with Gasteiger partial charge in [0, 0.05) is 0 Å². The highest BCUT2D eigenvalue weighted by molar-refractivity contribution is 9.10. The fourth-order valence-electron chi connectivity index (χ4n) is 3.06. The molecule has 0 N–H and O–H groups in total. The highest BCUT2D eigenvalue weighted by atomic mass is 79.9. The van der Waals surface area contributed by atoms with Gasteiger partial charge in [0.25, 0.3) is 5.56 Å². The monoisotopic (exact) mass is 488 g/mol. The molecule has 154 valence electrons. The van der Waals surface area contributed by atoms with Crippen LogP contribution in [0.5, 0.6) is 11.5 Å². The molecule has 30 heavy (non-hydrogen) atoms. The largest absolute Gasteiger partial charge is 0.493 e. The number of esters is 1. The van der Waals surface area contributed by atoms with E-state index < -0.39 is 5.97 Å². The van der Waals surface area contributed by atoms with E-state index in [1.807, 2.05) is 24.3 Å². The Morgan fingerprint density at radius 3 is 2.87 bits per heavy atom. The van der Waals surface area contributed by atoms with Crippen LogP contribution in [-0.4, -0.2) is 35.7 Å². The van der Waals surface area contributed by atoms with Crippen molar-refractivity contribution in [2.75, 3.05) is 20.3 Å². The molecule has 0 atom stereocenters. The Labute approximate surface area is 183 Å². The molecule has 2 aromatic heterocycles. The zero-order valence-electron chi connectivity index (χ0n) is 16.2. The first-order valence-corrected chi connectivity index (χ1v) is 10.7. The number of imidazole rings is 1. The van der Waals surface area contributed by atoms with E-state index in [0.717, 1.165) is 16.6 Å². The fourth-order valence-corrected chi connectivity index (χ4v) is 4.62. The van der Waals surface area contributed by atoms with E-state index in [1.54, 1.807) is 29.5 Å². The number of carbonyl (C=O) groups excluding carboxylic acids is 1. The minimum absolute atomic E-state index is 0.124. The van der Waals surface area contributed by atoms with Crippen LogP contribution in [0.25, 0.3) is 22.1 Å². The third kappa shape index (κ3) is 3.78. The van der Waals surface area contributed by atoms with E-state index in [-0.39, 0.29) is 18.8 Å². The summed E-state index contributed by atoms with van der Waals surface area (Å²) in [5.74, 6) is 0.350. The summed E-state index contributed by atoms with van der Waals surface area (Å²) in [5, 5.41) is 0. The molecule has 7 nitrogen and oxygen atoms in total. The Morgan fingerprint density at radius 2 is 2.10 bits per heavy atom. The van der Waals surface area contributed by atoms with Crippen molar-refractivity contribution >= 4 is 55.3 Å². The molecule has 9 heteroatoms. The normalized spacial score (nSPS) is 11.9. The third-order valence-corrected chi connectivity index (χ3v) is 5.89. The van der Waals surface area contributed by atoms with Crippen LogP contribution in [0.3, 0.4) is 0 Å². The zero-order valence-corrected chi connectivity index (χ0v) is 18.6. The smallest absolute Gasteiger partial charge is 0.344 e. The summed E-state index contributed by atoms with van der Waals surface area (Å²) in [6, 6.07) is 11.1. The van der Waals surface area contributed by atoms with Crippen LogP contribution >= 0.6 is 27.3 Å². The molecule has 4 rings (SSSR count). The lowest BCUT2D eigenvalue weighted by Crippen LogP contribution is -2.22. The van der Waals surface area contributed by atoms with E-state index in [0.29, 0.717) is 25.5 Å². The van der Waals surface area contributed by atoms with Crippen molar-refractivity contribution in [2.45, 2.75) is 6.92 Å². The zero-order chi connectivity index (χ0) is 21.3. The minimum atomic E-state index is -0.466. The van der Waals surface area contributed by atoms with Crippen LogP contribution in [0.4, 0.5) is 0 Å². The third-order valence-electron chi connectivity index (χ3n) is 4.33. The topological polar surface area (TPSA) is 79.1 Å². The maximum atomic E-state index is 12.9. The summed E-state index contributed by atoms with van der Waals surface area (Å²) >= 11 is 4.77. The lowest BCUT2D eigenvalue weighted by Gasteiger charge is -2.13. The van der Waals surface area contributed by atoms with Gasteiger partial charge in [-0.2, -0.15) is 0 Å². The van der Waals surface area contributed by atoms with Gasteiger partial charge >= 0.3 is 5.97 Å². The molecular weight excluding hydrogens is 472 g/mol. The SMILES string of the molecule is CCOC(=O)COc1c(Br)cc(/C=c2\sc3nc4ccccc4n3c2=O)cc1OC. The van der Waals surface area contributed by atoms with Gasteiger partial charge in [-0.05, 0) is 58.8 Å². The number of methoxy groups -OCH3 is 1. The van der Waals surface area contributed by atoms with Gasteiger partial charge in [-0.25, -0.2) is 14.2 Å². The first kappa shape index (κ1) is 20.4. The molecule has 0 saturated heterocycles. The fraction of sp³-hybridized carbons (Fsp3) is 0.190. The lowest BCUT2D eigenvalue weighted by atomic mass is 10.2. The molecule has 2 heterocycles. The van der Waals surface area contributed by atoms with Crippen LogP contribution in [-0.2, 0) is 9.53 Å². The van der Waals surface area contributed by atoms with E-state index >= 15 is 0 Å². The number of fused-ring (bicyclic) bond motifs is 3. The number of rotatable bonds is 6. The van der Waals surface area contributed by atoms with Gasteiger partial charge in [0.1, 0.15) is 0 Å². The van der Waals surface area contributed by atoms with Crippen LogP contribution < -0.4 is 19.6 Å². The summed E-state index contributed by atoms with van der Waals surface area (Å²) in [5.41, 5.74) is 2.20.